The van der Waals surface area contributed by atoms with Gasteiger partial charge in [-0.25, -0.2) is 4.79 Å². The number of carbonyl (C=O) groups excluding carboxylic acids is 1. The van der Waals surface area contributed by atoms with Crippen molar-refractivity contribution in [2.75, 3.05) is 31.7 Å². The number of pyridine rings is 1. The Kier molecular flexibility index (Phi) is 3.96. The molecule has 0 saturated carbocycles. The molecule has 0 bridgehead atoms. The molecule has 1 unspecified atom stereocenters. The minimum atomic E-state index is -1.06. The molecule has 1 atom stereocenters. The molecule has 2 heterocycles. The minimum absolute atomic E-state index is 0.0818. The Bertz CT molecular complexity index is 492. The van der Waals surface area contributed by atoms with Gasteiger partial charge in [-0.15, -0.1) is 0 Å². The fourth-order valence-corrected chi connectivity index (χ4v) is 2.08. The van der Waals surface area contributed by atoms with Gasteiger partial charge in [0.1, 0.15) is 11.6 Å². The highest BCUT2D eigenvalue weighted by molar-refractivity contribution is 5.95. The van der Waals surface area contributed by atoms with Crippen molar-refractivity contribution in [1.82, 2.24) is 10.3 Å². The van der Waals surface area contributed by atoms with Crippen molar-refractivity contribution in [2.45, 2.75) is 6.04 Å². The zero-order valence-electron chi connectivity index (χ0n) is 10.5. The van der Waals surface area contributed by atoms with Gasteiger partial charge in [-0.1, -0.05) is 0 Å². The second-order valence-electron chi connectivity index (χ2n) is 4.10. The number of hydrogen-bond acceptors (Lipinski definition) is 5. The summed E-state index contributed by atoms with van der Waals surface area (Å²) in [6.45, 7) is 1.15. The number of nitrogens with one attached hydrogen (secondary N) is 1. The van der Waals surface area contributed by atoms with Gasteiger partial charge in [-0.3, -0.25) is 9.78 Å². The summed E-state index contributed by atoms with van der Waals surface area (Å²) in [5.41, 5.74) is 0.567. The average molecular weight is 265 g/mol. The molecule has 19 heavy (non-hydrogen) atoms. The van der Waals surface area contributed by atoms with Gasteiger partial charge < -0.3 is 20.1 Å². The number of aromatic nitrogens is 1. The molecule has 0 aromatic carbocycles. The average Bonchev–Trinajstić information content (AvgIpc) is 2.46. The van der Waals surface area contributed by atoms with E-state index in [4.69, 9.17) is 4.74 Å². The smallest absolute Gasteiger partial charge is 0.339 e. The summed E-state index contributed by atoms with van der Waals surface area (Å²) in [7, 11) is 1.54. The predicted molar refractivity (Wildman–Crippen MR) is 67.2 cm³/mol. The molecule has 2 rings (SSSR count). The van der Waals surface area contributed by atoms with Crippen LogP contribution in [0.2, 0.25) is 0 Å². The Labute approximate surface area is 110 Å². The number of likely N-dealkylation sites (N-methyl/N-ethyl adjacent to an activating group) is 1. The normalized spacial score (nSPS) is 19.0. The van der Waals surface area contributed by atoms with Crippen LogP contribution in [0.25, 0.3) is 0 Å². The second kappa shape index (κ2) is 5.66. The number of aromatic carboxylic acids is 1. The van der Waals surface area contributed by atoms with Crippen molar-refractivity contribution >= 4 is 17.6 Å². The highest BCUT2D eigenvalue weighted by Crippen LogP contribution is 2.23. The first-order valence-corrected chi connectivity index (χ1v) is 5.88. The molecular weight excluding hydrogens is 250 g/mol. The van der Waals surface area contributed by atoms with Crippen LogP contribution in [0.1, 0.15) is 10.4 Å². The van der Waals surface area contributed by atoms with E-state index in [1.807, 2.05) is 0 Å². The minimum Gasteiger partial charge on any atom is -0.478 e. The summed E-state index contributed by atoms with van der Waals surface area (Å²) in [5.74, 6) is -1.27. The molecule has 1 fully saturated rings. The maximum Gasteiger partial charge on any atom is 0.339 e. The first-order valence-electron chi connectivity index (χ1n) is 5.88. The number of carboxylic acid groups (broad SMARTS) is 1. The van der Waals surface area contributed by atoms with E-state index in [2.05, 4.69) is 10.3 Å². The second-order valence-corrected chi connectivity index (χ2v) is 4.10. The Hall–Kier alpha value is -2.15. The van der Waals surface area contributed by atoms with Crippen LogP contribution >= 0.6 is 0 Å². The van der Waals surface area contributed by atoms with Crippen LogP contribution < -0.4 is 10.2 Å². The largest absolute Gasteiger partial charge is 0.478 e. The van der Waals surface area contributed by atoms with E-state index < -0.39 is 12.0 Å². The van der Waals surface area contributed by atoms with Crippen molar-refractivity contribution in [1.29, 1.82) is 0 Å². The quantitative estimate of drug-likeness (QED) is 0.781. The van der Waals surface area contributed by atoms with Gasteiger partial charge in [-0.2, -0.15) is 0 Å². The number of carboxylic acids is 1. The number of nitrogens with zero attached hydrogens (tertiary/aromatic N) is 2. The zero-order valence-corrected chi connectivity index (χ0v) is 10.5. The molecule has 1 aliphatic rings. The van der Waals surface area contributed by atoms with E-state index in [-0.39, 0.29) is 18.1 Å². The fourth-order valence-electron chi connectivity index (χ4n) is 2.08. The predicted octanol–water partition coefficient (Wildman–Crippen LogP) is -0.269. The highest BCUT2D eigenvalue weighted by atomic mass is 16.5. The van der Waals surface area contributed by atoms with Gasteiger partial charge in [0.25, 0.3) is 0 Å². The summed E-state index contributed by atoms with van der Waals surface area (Å²) in [5, 5.41) is 11.7. The molecule has 1 aromatic heterocycles. The topological polar surface area (TPSA) is 91.8 Å². The molecular formula is C12H15N3O4. The lowest BCUT2D eigenvalue weighted by Crippen LogP contribution is -2.53. The van der Waals surface area contributed by atoms with E-state index in [1.54, 1.807) is 18.0 Å². The molecule has 7 nitrogen and oxygen atoms in total. The molecule has 0 radical (unpaired) electrons. The third kappa shape index (κ3) is 2.65. The van der Waals surface area contributed by atoms with Crippen molar-refractivity contribution in [3.8, 4) is 0 Å². The lowest BCUT2D eigenvalue weighted by Gasteiger charge is -2.36. The number of ether oxygens (including phenoxy) is 1. The Morgan fingerprint density at radius 3 is 3.05 bits per heavy atom. The summed E-state index contributed by atoms with van der Waals surface area (Å²) in [4.78, 5) is 28.6. The van der Waals surface area contributed by atoms with Crippen LogP contribution in [0.3, 0.4) is 0 Å². The molecule has 7 heteroatoms. The van der Waals surface area contributed by atoms with E-state index in [0.29, 0.717) is 18.8 Å². The molecule has 1 aromatic rings. The van der Waals surface area contributed by atoms with Crippen LogP contribution in [-0.4, -0.2) is 54.8 Å². The molecule has 1 amide bonds. The van der Waals surface area contributed by atoms with E-state index in [0.717, 1.165) is 0 Å². The Balaban J connectivity index is 2.37. The highest BCUT2D eigenvalue weighted by Gasteiger charge is 2.31. The van der Waals surface area contributed by atoms with Crippen molar-refractivity contribution in [2.24, 2.45) is 0 Å². The van der Waals surface area contributed by atoms with Crippen molar-refractivity contribution in [3.63, 3.8) is 0 Å². The van der Waals surface area contributed by atoms with Crippen LogP contribution in [0.15, 0.2) is 18.5 Å². The third-order valence-electron chi connectivity index (χ3n) is 3.02. The van der Waals surface area contributed by atoms with Gasteiger partial charge in [0, 0.05) is 26.0 Å². The fraction of sp³-hybridized carbons (Fsp3) is 0.417. The first kappa shape index (κ1) is 13.3. The van der Waals surface area contributed by atoms with E-state index in [9.17, 15) is 14.7 Å². The lowest BCUT2D eigenvalue weighted by atomic mass is 10.1. The van der Waals surface area contributed by atoms with Crippen molar-refractivity contribution < 1.29 is 19.4 Å². The van der Waals surface area contributed by atoms with Crippen molar-refractivity contribution in [3.05, 3.63) is 24.0 Å². The third-order valence-corrected chi connectivity index (χ3v) is 3.02. The molecule has 1 aliphatic heterocycles. The Morgan fingerprint density at radius 1 is 1.58 bits per heavy atom. The van der Waals surface area contributed by atoms with E-state index in [1.165, 1.54) is 12.4 Å². The van der Waals surface area contributed by atoms with Crippen LogP contribution in [-0.2, 0) is 9.53 Å². The van der Waals surface area contributed by atoms with Gasteiger partial charge in [-0.05, 0) is 6.07 Å². The SMILES string of the molecule is CNC(=O)C1COCCN1c1ccncc1C(=O)O. The van der Waals surface area contributed by atoms with Crippen LogP contribution in [0.5, 0.6) is 0 Å². The molecule has 0 aliphatic carbocycles. The number of amides is 1. The number of hydrogen-bond donors (Lipinski definition) is 2. The van der Waals surface area contributed by atoms with Crippen LogP contribution in [0.4, 0.5) is 5.69 Å². The summed E-state index contributed by atoms with van der Waals surface area (Å²) < 4.78 is 5.29. The summed E-state index contributed by atoms with van der Waals surface area (Å²) in [6.07, 6.45) is 2.80. The summed E-state index contributed by atoms with van der Waals surface area (Å²) >= 11 is 0. The van der Waals surface area contributed by atoms with Gasteiger partial charge in [0.2, 0.25) is 5.91 Å². The molecule has 102 valence electrons. The zero-order chi connectivity index (χ0) is 13.8. The lowest BCUT2D eigenvalue weighted by molar-refractivity contribution is -0.124. The monoisotopic (exact) mass is 265 g/mol. The molecule has 0 spiro atoms. The number of anilines is 1. The van der Waals surface area contributed by atoms with Gasteiger partial charge in [0.15, 0.2) is 0 Å². The summed E-state index contributed by atoms with van der Waals surface area (Å²) in [6, 6.07) is 1.07. The number of rotatable bonds is 3. The standard InChI is InChI=1S/C12H15N3O4/c1-13-11(16)10-7-19-5-4-15(10)9-2-3-14-6-8(9)12(17)18/h2-3,6,10H,4-5,7H2,1H3,(H,13,16)(H,17,18). The molecule has 2 N–H and O–H groups in total. The maximum atomic E-state index is 11.8. The first-order chi connectivity index (χ1) is 9.15. The number of morpholine rings is 1. The van der Waals surface area contributed by atoms with Crippen LogP contribution in [0, 0.1) is 0 Å². The molecule has 1 saturated heterocycles. The van der Waals surface area contributed by atoms with Gasteiger partial charge in [0.05, 0.1) is 18.9 Å². The number of carbonyl (C=O) groups is 2. The van der Waals surface area contributed by atoms with Gasteiger partial charge >= 0.3 is 5.97 Å². The maximum absolute atomic E-state index is 11.8. The Morgan fingerprint density at radius 2 is 2.37 bits per heavy atom. The van der Waals surface area contributed by atoms with E-state index >= 15 is 0 Å².